The Kier molecular flexibility index (Phi) is 6.06. The van der Waals surface area contributed by atoms with Crippen molar-refractivity contribution in [3.05, 3.63) is 63.5 Å². The van der Waals surface area contributed by atoms with Crippen molar-refractivity contribution in [1.82, 2.24) is 4.90 Å². The van der Waals surface area contributed by atoms with Gasteiger partial charge in [-0.05, 0) is 59.8 Å². The van der Waals surface area contributed by atoms with Crippen molar-refractivity contribution in [2.24, 2.45) is 0 Å². The van der Waals surface area contributed by atoms with Crippen LogP contribution < -0.4 is 9.47 Å². The molecule has 0 atom stereocenters. The summed E-state index contributed by atoms with van der Waals surface area (Å²) < 4.78 is 10.4. The van der Waals surface area contributed by atoms with Crippen LogP contribution in [0.5, 0.6) is 11.5 Å². The van der Waals surface area contributed by atoms with E-state index < -0.39 is 11.1 Å². The summed E-state index contributed by atoms with van der Waals surface area (Å²) in [6.07, 6.45) is 1.58. The minimum atomic E-state index is -0.507. The van der Waals surface area contributed by atoms with Crippen molar-refractivity contribution in [3.63, 3.8) is 0 Å². The maximum atomic E-state index is 12.6. The Bertz CT molecular complexity index is 971. The summed E-state index contributed by atoms with van der Waals surface area (Å²) in [5, 5.41) is 0.0135. The molecule has 0 saturated carbocycles. The monoisotopic (exact) mass is 417 g/mol. The number of nitrogens with zero attached hydrogens (tertiary/aromatic N) is 1. The lowest BCUT2D eigenvalue weighted by atomic mass is 10.1. The van der Waals surface area contributed by atoms with E-state index in [2.05, 4.69) is 0 Å². The standard InChI is InChI=1S/C20H16ClNO5S/c1-26-16-8-3-12(9-17(16)27-2)10-18-19(24)22(20(25)28-18)11-15(23)13-4-6-14(21)7-5-13/h3-10H,11H2,1-2H3/b18-10-. The second-order valence-electron chi connectivity index (χ2n) is 5.81. The number of hydrogen-bond acceptors (Lipinski definition) is 6. The lowest BCUT2D eigenvalue weighted by molar-refractivity contribution is -0.122. The van der Waals surface area contributed by atoms with Crippen molar-refractivity contribution < 1.29 is 23.9 Å². The summed E-state index contributed by atoms with van der Waals surface area (Å²) in [6.45, 7) is -0.324. The Hall–Kier alpha value is -2.77. The quantitative estimate of drug-likeness (QED) is 0.516. The summed E-state index contributed by atoms with van der Waals surface area (Å²) in [7, 11) is 3.04. The topological polar surface area (TPSA) is 72.9 Å². The van der Waals surface area contributed by atoms with E-state index in [1.807, 2.05) is 0 Å². The van der Waals surface area contributed by atoms with Crippen LogP contribution in [-0.4, -0.2) is 42.6 Å². The van der Waals surface area contributed by atoms with Gasteiger partial charge in [-0.3, -0.25) is 19.3 Å². The molecule has 1 aliphatic heterocycles. The van der Waals surface area contributed by atoms with Gasteiger partial charge in [0.2, 0.25) is 0 Å². The van der Waals surface area contributed by atoms with E-state index in [-0.39, 0.29) is 17.2 Å². The average molecular weight is 418 g/mol. The highest BCUT2D eigenvalue weighted by molar-refractivity contribution is 8.18. The van der Waals surface area contributed by atoms with Gasteiger partial charge in [0.15, 0.2) is 17.3 Å². The number of methoxy groups -OCH3 is 2. The predicted octanol–water partition coefficient (Wildman–Crippen LogP) is 4.28. The first-order chi connectivity index (χ1) is 13.4. The van der Waals surface area contributed by atoms with Crippen LogP contribution in [-0.2, 0) is 4.79 Å². The third-order valence-corrected chi connectivity index (χ3v) is 5.21. The molecule has 2 amide bonds. The van der Waals surface area contributed by atoms with Crippen molar-refractivity contribution >= 4 is 46.4 Å². The van der Waals surface area contributed by atoms with Crippen molar-refractivity contribution in [2.45, 2.75) is 0 Å². The smallest absolute Gasteiger partial charge is 0.293 e. The molecule has 2 aromatic carbocycles. The molecule has 1 saturated heterocycles. The molecule has 3 rings (SSSR count). The SMILES string of the molecule is COc1ccc(/C=C2\SC(=O)N(CC(=O)c3ccc(Cl)cc3)C2=O)cc1OC. The predicted molar refractivity (Wildman–Crippen MR) is 108 cm³/mol. The molecule has 0 radical (unpaired) electrons. The van der Waals surface area contributed by atoms with E-state index >= 15 is 0 Å². The highest BCUT2D eigenvalue weighted by Crippen LogP contribution is 2.34. The number of ether oxygens (including phenoxy) is 2. The van der Waals surface area contributed by atoms with E-state index in [9.17, 15) is 14.4 Å². The highest BCUT2D eigenvalue weighted by Gasteiger charge is 2.36. The van der Waals surface area contributed by atoms with Gasteiger partial charge in [0.1, 0.15) is 0 Å². The molecule has 1 heterocycles. The molecule has 0 N–H and O–H groups in total. The molecule has 6 nitrogen and oxygen atoms in total. The zero-order valence-electron chi connectivity index (χ0n) is 15.1. The van der Waals surface area contributed by atoms with E-state index in [4.69, 9.17) is 21.1 Å². The highest BCUT2D eigenvalue weighted by atomic mass is 35.5. The number of carbonyl (C=O) groups excluding carboxylic acids is 3. The molecule has 144 valence electrons. The number of Topliss-reactive ketones (excluding diaryl/α,β-unsaturated/α-hetero) is 1. The molecule has 0 unspecified atom stereocenters. The van der Waals surface area contributed by atoms with Crippen molar-refractivity contribution in [3.8, 4) is 11.5 Å². The molecule has 8 heteroatoms. The van der Waals surface area contributed by atoms with Crippen LogP contribution in [0.3, 0.4) is 0 Å². The number of thioether (sulfide) groups is 1. The van der Waals surface area contributed by atoms with Crippen LogP contribution in [0.4, 0.5) is 4.79 Å². The van der Waals surface area contributed by atoms with E-state index in [1.54, 1.807) is 48.5 Å². The van der Waals surface area contributed by atoms with Gasteiger partial charge < -0.3 is 9.47 Å². The van der Waals surface area contributed by atoms with Gasteiger partial charge in [0, 0.05) is 10.6 Å². The van der Waals surface area contributed by atoms with Crippen LogP contribution in [0, 0.1) is 0 Å². The minimum Gasteiger partial charge on any atom is -0.493 e. The van der Waals surface area contributed by atoms with Gasteiger partial charge >= 0.3 is 0 Å². The molecular weight excluding hydrogens is 402 g/mol. The van der Waals surface area contributed by atoms with Gasteiger partial charge in [-0.15, -0.1) is 0 Å². The van der Waals surface area contributed by atoms with Crippen molar-refractivity contribution in [1.29, 1.82) is 0 Å². The first-order valence-electron chi connectivity index (χ1n) is 8.19. The Morgan fingerprint density at radius 3 is 2.39 bits per heavy atom. The Labute approximate surface area is 171 Å². The van der Waals surface area contributed by atoms with E-state index in [1.165, 1.54) is 14.2 Å². The zero-order valence-corrected chi connectivity index (χ0v) is 16.7. The lowest BCUT2D eigenvalue weighted by Crippen LogP contribution is -2.33. The minimum absolute atomic E-state index is 0.237. The molecular formula is C20H16ClNO5S. The Morgan fingerprint density at radius 1 is 1.07 bits per heavy atom. The third-order valence-electron chi connectivity index (χ3n) is 4.05. The third kappa shape index (κ3) is 4.21. The first kappa shape index (κ1) is 20.0. The zero-order chi connectivity index (χ0) is 20.3. The number of imide groups is 1. The fraction of sp³-hybridized carbons (Fsp3) is 0.150. The largest absolute Gasteiger partial charge is 0.493 e. The lowest BCUT2D eigenvalue weighted by Gasteiger charge is -2.11. The molecule has 0 aliphatic carbocycles. The Morgan fingerprint density at radius 2 is 1.75 bits per heavy atom. The van der Waals surface area contributed by atoms with Gasteiger partial charge in [0.25, 0.3) is 11.1 Å². The molecule has 28 heavy (non-hydrogen) atoms. The maximum Gasteiger partial charge on any atom is 0.293 e. The van der Waals surface area contributed by atoms with Crippen LogP contribution in [0.1, 0.15) is 15.9 Å². The van der Waals surface area contributed by atoms with E-state index in [0.29, 0.717) is 27.6 Å². The second-order valence-corrected chi connectivity index (χ2v) is 7.24. The molecule has 0 spiro atoms. The number of halogens is 1. The Balaban J connectivity index is 1.78. The summed E-state index contributed by atoms with van der Waals surface area (Å²) in [5.74, 6) is 0.216. The normalized spacial score (nSPS) is 15.2. The van der Waals surface area contributed by atoms with Crippen LogP contribution in [0.2, 0.25) is 5.02 Å². The number of benzene rings is 2. The van der Waals surface area contributed by atoms with Crippen molar-refractivity contribution in [2.75, 3.05) is 20.8 Å². The van der Waals surface area contributed by atoms with Gasteiger partial charge in [0.05, 0.1) is 25.7 Å². The number of ketones is 1. The van der Waals surface area contributed by atoms with Crippen LogP contribution in [0.15, 0.2) is 47.4 Å². The fourth-order valence-corrected chi connectivity index (χ4v) is 3.57. The van der Waals surface area contributed by atoms with Gasteiger partial charge in [-0.1, -0.05) is 17.7 Å². The molecule has 0 bridgehead atoms. The molecule has 1 aliphatic rings. The first-order valence-corrected chi connectivity index (χ1v) is 9.38. The van der Waals surface area contributed by atoms with Crippen LogP contribution >= 0.6 is 23.4 Å². The average Bonchev–Trinajstić information content (AvgIpc) is 2.95. The maximum absolute atomic E-state index is 12.6. The summed E-state index contributed by atoms with van der Waals surface area (Å²) in [5.41, 5.74) is 1.06. The number of rotatable bonds is 6. The summed E-state index contributed by atoms with van der Waals surface area (Å²) in [6, 6.07) is 11.4. The van der Waals surface area contributed by atoms with E-state index in [0.717, 1.165) is 16.7 Å². The van der Waals surface area contributed by atoms with Gasteiger partial charge in [-0.2, -0.15) is 0 Å². The fourth-order valence-electron chi connectivity index (χ4n) is 2.60. The molecule has 0 aromatic heterocycles. The number of carbonyl (C=O) groups is 3. The van der Waals surface area contributed by atoms with Gasteiger partial charge in [-0.25, -0.2) is 0 Å². The summed E-state index contributed by atoms with van der Waals surface area (Å²) >= 11 is 6.61. The molecule has 1 fully saturated rings. The number of amides is 2. The number of hydrogen-bond donors (Lipinski definition) is 0. The molecule has 2 aromatic rings. The second kappa shape index (κ2) is 8.50. The van der Waals surface area contributed by atoms with Crippen LogP contribution in [0.25, 0.3) is 6.08 Å². The summed E-state index contributed by atoms with van der Waals surface area (Å²) in [4.78, 5) is 38.4.